The highest BCUT2D eigenvalue weighted by Gasteiger charge is 2.49. The summed E-state index contributed by atoms with van der Waals surface area (Å²) in [5.74, 6) is -4.45. The van der Waals surface area contributed by atoms with E-state index >= 15 is 0 Å². The van der Waals surface area contributed by atoms with Crippen LogP contribution in [-0.2, 0) is 4.79 Å². The number of carbonyl (C=O) groups excluding carboxylic acids is 1. The Bertz CT molecular complexity index is 379. The lowest BCUT2D eigenvalue weighted by Crippen LogP contribution is -2.58. The van der Waals surface area contributed by atoms with Crippen LogP contribution >= 0.6 is 12.4 Å². The van der Waals surface area contributed by atoms with Gasteiger partial charge >= 0.3 is 6.18 Å². The van der Waals surface area contributed by atoms with Crippen LogP contribution in [0.2, 0.25) is 0 Å². The molecule has 22 heavy (non-hydrogen) atoms. The monoisotopic (exact) mass is 351 g/mol. The summed E-state index contributed by atoms with van der Waals surface area (Å²) in [5.41, 5.74) is 0. The Hall–Kier alpha value is -0.670. The lowest BCUT2D eigenvalue weighted by molar-refractivity contribution is -0.185. The fraction of sp³-hybridized carbons (Fsp3) is 0.917. The minimum atomic E-state index is -4.46. The Labute approximate surface area is 131 Å². The van der Waals surface area contributed by atoms with Crippen molar-refractivity contribution in [1.29, 1.82) is 0 Å². The van der Waals surface area contributed by atoms with Crippen molar-refractivity contribution in [2.24, 2.45) is 5.92 Å². The van der Waals surface area contributed by atoms with Crippen LogP contribution < -0.4 is 10.6 Å². The quantitative estimate of drug-likeness (QED) is 0.753. The van der Waals surface area contributed by atoms with E-state index in [1.54, 1.807) is 0 Å². The molecule has 1 unspecified atom stereocenters. The highest BCUT2D eigenvalue weighted by Crippen LogP contribution is 2.42. The molecule has 2 rings (SSSR count). The molecule has 2 aliphatic rings. The number of nitrogens with zero attached hydrogens (tertiary/aromatic N) is 1. The van der Waals surface area contributed by atoms with Crippen LogP contribution in [0.3, 0.4) is 0 Å². The van der Waals surface area contributed by atoms with E-state index in [0.717, 1.165) is 0 Å². The van der Waals surface area contributed by atoms with E-state index < -0.39 is 49.4 Å². The summed E-state index contributed by atoms with van der Waals surface area (Å²) < 4.78 is 64.4. The zero-order chi connectivity index (χ0) is 15.7. The fourth-order valence-corrected chi connectivity index (χ4v) is 2.63. The van der Waals surface area contributed by atoms with Gasteiger partial charge in [-0.3, -0.25) is 9.69 Å². The number of nitrogens with one attached hydrogen (secondary N) is 2. The van der Waals surface area contributed by atoms with Crippen molar-refractivity contribution in [2.75, 3.05) is 32.7 Å². The van der Waals surface area contributed by atoms with Gasteiger partial charge in [-0.2, -0.15) is 13.2 Å². The number of piperazine rings is 1. The van der Waals surface area contributed by atoms with Gasteiger partial charge in [-0.05, 0) is 0 Å². The SMILES string of the molecule is Cl.O=C(NCC(N1CCNCC1)C(F)(F)F)C1CC(F)(F)C1. The second-order valence-corrected chi connectivity index (χ2v) is 5.55. The molecule has 1 heterocycles. The maximum Gasteiger partial charge on any atom is 0.405 e. The number of alkyl halides is 5. The second kappa shape index (κ2) is 7.27. The van der Waals surface area contributed by atoms with Gasteiger partial charge in [0, 0.05) is 51.5 Å². The zero-order valence-electron chi connectivity index (χ0n) is 11.8. The third-order valence-corrected chi connectivity index (χ3v) is 3.90. The van der Waals surface area contributed by atoms with Crippen molar-refractivity contribution in [3.8, 4) is 0 Å². The van der Waals surface area contributed by atoms with Crippen LogP contribution in [0.1, 0.15) is 12.8 Å². The number of halogens is 6. The van der Waals surface area contributed by atoms with Gasteiger partial charge in [-0.15, -0.1) is 12.4 Å². The van der Waals surface area contributed by atoms with Crippen molar-refractivity contribution >= 4 is 18.3 Å². The van der Waals surface area contributed by atoms with E-state index in [-0.39, 0.29) is 25.5 Å². The Morgan fingerprint density at radius 1 is 1.27 bits per heavy atom. The van der Waals surface area contributed by atoms with Gasteiger partial charge in [-0.1, -0.05) is 0 Å². The van der Waals surface area contributed by atoms with E-state index in [9.17, 15) is 26.7 Å². The molecule has 0 aromatic heterocycles. The number of hydrogen-bond acceptors (Lipinski definition) is 3. The lowest BCUT2D eigenvalue weighted by Gasteiger charge is -2.37. The molecule has 0 aromatic rings. The molecule has 1 aliphatic carbocycles. The van der Waals surface area contributed by atoms with E-state index in [2.05, 4.69) is 10.6 Å². The maximum absolute atomic E-state index is 13.0. The molecule has 1 atom stereocenters. The first-order chi connectivity index (χ1) is 9.69. The summed E-state index contributed by atoms with van der Waals surface area (Å²) in [6, 6.07) is -1.77. The second-order valence-electron chi connectivity index (χ2n) is 5.55. The molecule has 0 radical (unpaired) electrons. The van der Waals surface area contributed by atoms with Gasteiger partial charge < -0.3 is 10.6 Å². The fourth-order valence-electron chi connectivity index (χ4n) is 2.63. The first kappa shape index (κ1) is 19.4. The van der Waals surface area contributed by atoms with Crippen molar-refractivity contribution in [3.63, 3.8) is 0 Å². The van der Waals surface area contributed by atoms with Crippen LogP contribution in [0.5, 0.6) is 0 Å². The summed E-state index contributed by atoms with van der Waals surface area (Å²) in [7, 11) is 0. The summed E-state index contributed by atoms with van der Waals surface area (Å²) >= 11 is 0. The smallest absolute Gasteiger partial charge is 0.354 e. The molecule has 2 N–H and O–H groups in total. The topological polar surface area (TPSA) is 44.4 Å². The number of amides is 1. The van der Waals surface area contributed by atoms with E-state index in [0.29, 0.717) is 13.1 Å². The van der Waals surface area contributed by atoms with Gasteiger partial charge in [-0.25, -0.2) is 8.78 Å². The molecule has 4 nitrogen and oxygen atoms in total. The van der Waals surface area contributed by atoms with Gasteiger partial charge in [0.05, 0.1) is 0 Å². The zero-order valence-corrected chi connectivity index (χ0v) is 12.6. The highest BCUT2D eigenvalue weighted by atomic mass is 35.5. The van der Waals surface area contributed by atoms with Crippen molar-refractivity contribution in [1.82, 2.24) is 15.5 Å². The van der Waals surface area contributed by atoms with Crippen LogP contribution in [0.15, 0.2) is 0 Å². The maximum atomic E-state index is 13.0. The summed E-state index contributed by atoms with van der Waals surface area (Å²) in [6.45, 7) is 0.790. The molecule has 130 valence electrons. The average Bonchev–Trinajstić information content (AvgIpc) is 2.35. The van der Waals surface area contributed by atoms with Crippen LogP contribution in [-0.4, -0.2) is 61.7 Å². The molecular weight excluding hydrogens is 333 g/mol. The molecule has 1 amide bonds. The Kier molecular flexibility index (Phi) is 6.40. The standard InChI is InChI=1S/C12H18F5N3O.ClH/c13-11(14)5-8(6-11)10(21)19-7-9(12(15,16)17)20-3-1-18-2-4-20;/h8-9,18H,1-7H2,(H,19,21);1H. The minimum Gasteiger partial charge on any atom is -0.354 e. The number of rotatable bonds is 4. The van der Waals surface area contributed by atoms with Crippen LogP contribution in [0, 0.1) is 5.92 Å². The van der Waals surface area contributed by atoms with Gasteiger partial charge in [0.25, 0.3) is 0 Å². The van der Waals surface area contributed by atoms with Crippen molar-refractivity contribution in [2.45, 2.75) is 31.0 Å². The van der Waals surface area contributed by atoms with Crippen LogP contribution in [0.4, 0.5) is 22.0 Å². The summed E-state index contributed by atoms with van der Waals surface area (Å²) in [5, 5.41) is 5.12. The largest absolute Gasteiger partial charge is 0.405 e. The molecule has 0 spiro atoms. The normalized spacial score (nSPS) is 24.0. The molecular formula is C12H19ClF5N3O. The molecule has 0 bridgehead atoms. The number of hydrogen-bond donors (Lipinski definition) is 2. The Morgan fingerprint density at radius 3 is 2.27 bits per heavy atom. The Morgan fingerprint density at radius 2 is 1.82 bits per heavy atom. The first-order valence-electron chi connectivity index (χ1n) is 6.86. The third-order valence-electron chi connectivity index (χ3n) is 3.90. The number of carbonyl (C=O) groups is 1. The van der Waals surface area contributed by atoms with Gasteiger partial charge in [0.15, 0.2) is 0 Å². The third kappa shape index (κ3) is 4.92. The van der Waals surface area contributed by atoms with Crippen molar-refractivity contribution in [3.05, 3.63) is 0 Å². The van der Waals surface area contributed by atoms with Gasteiger partial charge in [0.1, 0.15) is 6.04 Å². The van der Waals surface area contributed by atoms with E-state index in [4.69, 9.17) is 0 Å². The molecule has 0 aromatic carbocycles. The predicted molar refractivity (Wildman–Crippen MR) is 72.2 cm³/mol. The predicted octanol–water partition coefficient (Wildman–Crippen LogP) is 1.41. The average molecular weight is 352 g/mol. The Balaban J connectivity index is 0.00000242. The van der Waals surface area contributed by atoms with E-state index in [1.807, 2.05) is 0 Å². The van der Waals surface area contributed by atoms with Crippen molar-refractivity contribution < 1.29 is 26.7 Å². The lowest BCUT2D eigenvalue weighted by atomic mass is 9.81. The summed E-state index contributed by atoms with van der Waals surface area (Å²) in [6.07, 6.45) is -5.62. The molecule has 2 fully saturated rings. The summed E-state index contributed by atoms with van der Waals surface area (Å²) in [4.78, 5) is 12.8. The molecule has 10 heteroatoms. The first-order valence-corrected chi connectivity index (χ1v) is 6.86. The molecule has 1 aliphatic heterocycles. The van der Waals surface area contributed by atoms with Gasteiger partial charge in [0.2, 0.25) is 11.8 Å². The molecule has 1 saturated carbocycles. The van der Waals surface area contributed by atoms with E-state index in [1.165, 1.54) is 4.90 Å². The van der Waals surface area contributed by atoms with Crippen LogP contribution in [0.25, 0.3) is 0 Å². The molecule has 1 saturated heterocycles. The minimum absolute atomic E-state index is 0. The highest BCUT2D eigenvalue weighted by molar-refractivity contribution is 5.85.